The number of fused-ring (bicyclic) bond motifs is 2. The standard InChI is InChI=1S/C44H36FN3O4S2/c1-3-38(49)48-23-21-35-37(28-48)54-43(46-35)40-39(33-20-19-32(45)27-36(33)51-25-24-50-2)41-34(22-26-53-41)42(47-40)52-44(29-13-7-4-8-14-29,30-15-9-5-10-16-30)31-17-11-6-12-18-31/h3-20,22,26-27H,1,21,23-25,28H2,2H3. The number of ether oxygens (including phenoxy) is 3. The second-order valence-corrected chi connectivity index (χ2v) is 14.8. The number of aromatic nitrogens is 2. The van der Waals surface area contributed by atoms with Crippen molar-refractivity contribution in [3.63, 3.8) is 0 Å². The van der Waals surface area contributed by atoms with Gasteiger partial charge in [0.1, 0.15) is 28.9 Å². The van der Waals surface area contributed by atoms with Gasteiger partial charge in [-0.15, -0.1) is 22.7 Å². The van der Waals surface area contributed by atoms with Crippen LogP contribution in [0.4, 0.5) is 4.39 Å². The van der Waals surface area contributed by atoms with E-state index in [9.17, 15) is 9.18 Å². The van der Waals surface area contributed by atoms with Crippen LogP contribution in [0.2, 0.25) is 0 Å². The van der Waals surface area contributed by atoms with E-state index in [0.717, 1.165) is 42.9 Å². The third-order valence-electron chi connectivity index (χ3n) is 9.54. The fourth-order valence-corrected chi connectivity index (χ4v) is 9.06. The van der Waals surface area contributed by atoms with E-state index in [1.165, 1.54) is 29.5 Å². The lowest BCUT2D eigenvalue weighted by molar-refractivity contribution is -0.126. The molecule has 0 spiro atoms. The number of thiophene rings is 1. The first-order chi connectivity index (χ1) is 26.5. The van der Waals surface area contributed by atoms with Gasteiger partial charge >= 0.3 is 0 Å². The summed E-state index contributed by atoms with van der Waals surface area (Å²) in [7, 11) is 1.60. The average Bonchev–Trinajstić information content (AvgIpc) is 3.89. The Balaban J connectivity index is 1.39. The van der Waals surface area contributed by atoms with Crippen LogP contribution in [-0.4, -0.2) is 47.6 Å². The van der Waals surface area contributed by atoms with Crippen molar-refractivity contribution in [2.75, 3.05) is 26.9 Å². The SMILES string of the molecule is C=CC(=O)N1CCc2nc(-c3nc(OC(c4ccccc4)(c4ccccc4)c4ccccc4)c4ccsc4c3-c3ccc(F)cc3OCCOC)sc2C1. The number of hydrogen-bond donors (Lipinski definition) is 0. The van der Waals surface area contributed by atoms with Crippen LogP contribution in [0.1, 0.15) is 27.3 Å². The van der Waals surface area contributed by atoms with Gasteiger partial charge in [0.2, 0.25) is 11.8 Å². The van der Waals surface area contributed by atoms with Gasteiger partial charge in [-0.25, -0.2) is 14.4 Å². The van der Waals surface area contributed by atoms with Crippen LogP contribution in [0, 0.1) is 5.82 Å². The van der Waals surface area contributed by atoms with Gasteiger partial charge in [0.15, 0.2) is 5.60 Å². The molecule has 0 unspecified atom stereocenters. The number of carbonyl (C=O) groups excluding carboxylic acids is 1. The van der Waals surface area contributed by atoms with Gasteiger partial charge in [-0.2, -0.15) is 0 Å². The Morgan fingerprint density at radius 1 is 0.907 bits per heavy atom. The van der Waals surface area contributed by atoms with E-state index in [1.807, 2.05) is 66.0 Å². The highest BCUT2D eigenvalue weighted by Gasteiger charge is 2.40. The van der Waals surface area contributed by atoms with Crippen molar-refractivity contribution in [3.8, 4) is 33.5 Å². The van der Waals surface area contributed by atoms with E-state index in [4.69, 9.17) is 24.2 Å². The van der Waals surface area contributed by atoms with Crippen LogP contribution in [0.15, 0.2) is 133 Å². The van der Waals surface area contributed by atoms with Crippen LogP contribution >= 0.6 is 22.7 Å². The second-order valence-electron chi connectivity index (χ2n) is 12.8. The zero-order valence-corrected chi connectivity index (χ0v) is 31.2. The van der Waals surface area contributed by atoms with E-state index in [2.05, 4.69) is 43.0 Å². The lowest BCUT2D eigenvalue weighted by atomic mass is 9.80. The molecule has 0 bridgehead atoms. The third-order valence-corrected chi connectivity index (χ3v) is 11.6. The number of halogens is 1. The number of rotatable bonds is 12. The summed E-state index contributed by atoms with van der Waals surface area (Å²) in [5.74, 6) is 0.253. The van der Waals surface area contributed by atoms with Gasteiger partial charge in [0.25, 0.3) is 0 Å². The van der Waals surface area contributed by atoms with Crippen molar-refractivity contribution < 1.29 is 23.4 Å². The molecule has 7 nitrogen and oxygen atoms in total. The Labute approximate surface area is 321 Å². The van der Waals surface area contributed by atoms with Crippen molar-refractivity contribution >= 4 is 38.7 Å². The lowest BCUT2D eigenvalue weighted by Crippen LogP contribution is -2.36. The van der Waals surface area contributed by atoms with Gasteiger partial charge in [-0.3, -0.25) is 4.79 Å². The quantitative estimate of drug-likeness (QED) is 0.0703. The Bertz CT molecular complexity index is 2340. The maximum absolute atomic E-state index is 14.9. The molecule has 1 aliphatic heterocycles. The molecule has 0 N–H and O–H groups in total. The van der Waals surface area contributed by atoms with Crippen LogP contribution in [0.25, 0.3) is 31.9 Å². The van der Waals surface area contributed by atoms with Gasteiger partial charge in [0, 0.05) is 63.5 Å². The Hall–Kier alpha value is -5.68. The number of nitrogens with zero attached hydrogens (tertiary/aromatic N) is 3. The molecular formula is C44H36FN3O4S2. The summed E-state index contributed by atoms with van der Waals surface area (Å²) in [5, 5.41) is 3.48. The van der Waals surface area contributed by atoms with Crippen molar-refractivity contribution in [1.82, 2.24) is 14.9 Å². The van der Waals surface area contributed by atoms with Gasteiger partial charge in [0.05, 0.1) is 24.2 Å². The molecule has 0 saturated heterocycles. The molecule has 54 heavy (non-hydrogen) atoms. The minimum Gasteiger partial charge on any atom is -0.490 e. The molecule has 3 aromatic heterocycles. The highest BCUT2D eigenvalue weighted by atomic mass is 32.1. The van der Waals surface area contributed by atoms with Crippen molar-refractivity contribution in [1.29, 1.82) is 0 Å². The topological polar surface area (TPSA) is 73.8 Å². The summed E-state index contributed by atoms with van der Waals surface area (Å²) in [4.78, 5) is 26.0. The second kappa shape index (κ2) is 15.4. The average molecular weight is 754 g/mol. The number of pyridine rings is 1. The molecule has 10 heteroatoms. The van der Waals surface area contributed by atoms with Crippen molar-refractivity contribution in [2.24, 2.45) is 0 Å². The zero-order chi connectivity index (χ0) is 37.1. The number of hydrogen-bond acceptors (Lipinski definition) is 8. The molecular weight excluding hydrogens is 718 g/mol. The molecule has 0 atom stereocenters. The number of amides is 1. The normalized spacial score (nSPS) is 12.7. The van der Waals surface area contributed by atoms with Crippen molar-refractivity contribution in [2.45, 2.75) is 18.6 Å². The van der Waals surface area contributed by atoms with E-state index in [1.54, 1.807) is 29.4 Å². The molecule has 270 valence electrons. The molecule has 0 aliphatic carbocycles. The number of benzene rings is 4. The third kappa shape index (κ3) is 6.57. The van der Waals surface area contributed by atoms with Gasteiger partial charge in [-0.1, -0.05) is 97.6 Å². The minimum atomic E-state index is -1.09. The summed E-state index contributed by atoms with van der Waals surface area (Å²) >= 11 is 3.05. The summed E-state index contributed by atoms with van der Waals surface area (Å²) < 4.78 is 34.7. The Morgan fingerprint density at radius 3 is 2.20 bits per heavy atom. The molecule has 1 amide bonds. The predicted octanol–water partition coefficient (Wildman–Crippen LogP) is 9.69. The molecule has 4 aromatic carbocycles. The number of thiazole rings is 1. The first-order valence-corrected chi connectivity index (χ1v) is 19.3. The fraction of sp³-hybridized carbons (Fsp3) is 0.159. The van der Waals surface area contributed by atoms with E-state index >= 15 is 0 Å². The molecule has 0 radical (unpaired) electrons. The highest BCUT2D eigenvalue weighted by molar-refractivity contribution is 7.18. The molecule has 0 saturated carbocycles. The fourth-order valence-electron chi connectivity index (χ4n) is 6.99. The van der Waals surface area contributed by atoms with Gasteiger partial charge in [-0.05, 0) is 29.7 Å². The smallest absolute Gasteiger partial charge is 0.246 e. The Morgan fingerprint density at radius 2 is 1.57 bits per heavy atom. The highest BCUT2D eigenvalue weighted by Crippen LogP contribution is 2.50. The molecule has 8 rings (SSSR count). The maximum atomic E-state index is 14.9. The number of carbonyl (C=O) groups is 1. The lowest BCUT2D eigenvalue weighted by Gasteiger charge is -2.36. The molecule has 0 fully saturated rings. The van der Waals surface area contributed by atoms with Crippen LogP contribution in [0.3, 0.4) is 0 Å². The monoisotopic (exact) mass is 753 g/mol. The van der Waals surface area contributed by atoms with E-state index < -0.39 is 11.4 Å². The van der Waals surface area contributed by atoms with E-state index in [-0.39, 0.29) is 12.5 Å². The number of methoxy groups -OCH3 is 1. The first-order valence-electron chi connectivity index (χ1n) is 17.6. The maximum Gasteiger partial charge on any atom is 0.246 e. The van der Waals surface area contributed by atoms with Crippen LogP contribution in [0.5, 0.6) is 11.6 Å². The summed E-state index contributed by atoms with van der Waals surface area (Å²) in [6.45, 7) is 5.23. The summed E-state index contributed by atoms with van der Waals surface area (Å²) in [5.41, 5.74) is 4.63. The molecule has 4 heterocycles. The molecule has 7 aromatic rings. The summed E-state index contributed by atoms with van der Waals surface area (Å²) in [6, 6.07) is 37.1. The Kier molecular flexibility index (Phi) is 10.1. The molecule has 1 aliphatic rings. The van der Waals surface area contributed by atoms with Crippen molar-refractivity contribution in [3.05, 3.63) is 166 Å². The van der Waals surface area contributed by atoms with Crippen LogP contribution in [-0.2, 0) is 28.1 Å². The van der Waals surface area contributed by atoms with Gasteiger partial charge < -0.3 is 19.1 Å². The van der Waals surface area contributed by atoms with Crippen LogP contribution < -0.4 is 9.47 Å². The first kappa shape index (κ1) is 35.4. The summed E-state index contributed by atoms with van der Waals surface area (Å²) in [6.07, 6.45) is 1.95. The minimum absolute atomic E-state index is 0.117. The largest absolute Gasteiger partial charge is 0.490 e. The zero-order valence-electron chi connectivity index (χ0n) is 29.5. The van der Waals surface area contributed by atoms with E-state index in [0.29, 0.717) is 54.0 Å². The predicted molar refractivity (Wildman–Crippen MR) is 213 cm³/mol.